The van der Waals surface area contributed by atoms with E-state index in [0.29, 0.717) is 0 Å². The molecule has 0 saturated heterocycles. The fraction of sp³-hybridized carbons (Fsp3) is 0. The Morgan fingerprint density at radius 2 is 1.11 bits per heavy atom. The summed E-state index contributed by atoms with van der Waals surface area (Å²) in [5, 5.41) is 32.0. The van der Waals surface area contributed by atoms with Gasteiger partial charge in [0, 0.05) is 0 Å². The van der Waals surface area contributed by atoms with E-state index in [1.807, 2.05) is 0 Å². The summed E-state index contributed by atoms with van der Waals surface area (Å²) in [5.74, 6) is 0. The number of hydrogen-bond donors (Lipinski definition) is 1. The van der Waals surface area contributed by atoms with Crippen LogP contribution in [0.15, 0.2) is 0 Å². The number of carboxylic acid groups (broad SMARTS) is 4. The van der Waals surface area contributed by atoms with Gasteiger partial charge in [0.25, 0.3) is 0 Å². The van der Waals surface area contributed by atoms with Crippen molar-refractivity contribution in [3.63, 3.8) is 0 Å². The van der Waals surface area contributed by atoms with Crippen LogP contribution in [0.3, 0.4) is 0 Å². The van der Waals surface area contributed by atoms with Crippen LogP contribution in [0.2, 0.25) is 0 Å². The first kappa shape index (κ1) is 15.9. The minimum Gasteiger partial charge on any atom is -0.652 e. The average molecular weight is 260 g/mol. The molecule has 0 spiro atoms. The summed E-state index contributed by atoms with van der Waals surface area (Å²) in [6.45, 7) is 0. The van der Waals surface area contributed by atoms with E-state index in [1.165, 1.54) is 0 Å². The molecule has 0 rings (SSSR count). The van der Waals surface area contributed by atoms with Gasteiger partial charge in [0.2, 0.25) is 6.16 Å². The molecule has 0 amide bonds. The van der Waals surface area contributed by atoms with Crippen molar-refractivity contribution in [1.82, 2.24) is 0 Å². The molecule has 0 bridgehead atoms. The van der Waals surface area contributed by atoms with Gasteiger partial charge in [-0.2, -0.15) is 0 Å². The Labute approximate surface area is 77.7 Å². The van der Waals surface area contributed by atoms with Gasteiger partial charge in [0.05, 0.1) is 0 Å². The maximum absolute atomic E-state index is 8.44. The van der Waals surface area contributed by atoms with Gasteiger partial charge in [-0.3, -0.25) is 0 Å². The van der Waals surface area contributed by atoms with Gasteiger partial charge in [-0.15, -0.1) is 0 Å². The molecule has 0 fully saturated rings. The molecule has 0 heterocycles. The summed E-state index contributed by atoms with van der Waals surface area (Å²) in [7, 11) is 0. The Morgan fingerprint density at radius 3 is 1.11 bits per heavy atom. The number of hydrogen-bond acceptors (Lipinski definition) is 5. The number of rotatable bonds is 0. The molecule has 48 valence electrons. The van der Waals surface area contributed by atoms with Gasteiger partial charge in [-0.25, -0.2) is 0 Å². The molecular formula is C2HLaO6. The topological polar surface area (TPSA) is 124 Å². The molecule has 0 aromatic heterocycles. The molecule has 7 heteroatoms. The maximum atomic E-state index is 8.44. The Hall–Kier alpha value is -0.265. The second-order valence-corrected chi connectivity index (χ2v) is 0.516. The van der Waals surface area contributed by atoms with Crippen LogP contribution in [0.5, 0.6) is 0 Å². The quantitative estimate of drug-likeness (QED) is 0.480. The molecule has 0 radical (unpaired) electrons. The van der Waals surface area contributed by atoms with E-state index in [2.05, 4.69) is 0 Å². The van der Waals surface area contributed by atoms with Gasteiger partial charge in [-0.1, -0.05) is 0 Å². The van der Waals surface area contributed by atoms with E-state index in [1.54, 1.807) is 0 Å². The van der Waals surface area contributed by atoms with Gasteiger partial charge in [0.15, 0.2) is 0 Å². The number of carbonyl (C=O) groups excluding carboxylic acids is 1. The predicted octanol–water partition coefficient (Wildman–Crippen LogP) is -3.56. The van der Waals surface area contributed by atoms with E-state index in [0.717, 1.165) is 0 Å². The van der Waals surface area contributed by atoms with Crippen molar-refractivity contribution >= 4 is 12.3 Å². The van der Waals surface area contributed by atoms with Crippen molar-refractivity contribution in [2.45, 2.75) is 0 Å². The first-order valence-electron chi connectivity index (χ1n) is 1.24. The van der Waals surface area contributed by atoms with E-state index in [4.69, 9.17) is 30.0 Å². The molecule has 1 N–H and O–H groups in total. The zero-order chi connectivity index (χ0) is 7.15. The fourth-order valence-corrected chi connectivity index (χ4v) is 0. The Kier molecular flexibility index (Phi) is 18.8. The molecule has 0 aliphatic carbocycles. The third-order valence-corrected chi connectivity index (χ3v) is 0. The molecule has 0 aliphatic rings. The Bertz CT molecular complexity index is 69.1. The summed E-state index contributed by atoms with van der Waals surface area (Å²) < 4.78 is 0. The summed E-state index contributed by atoms with van der Waals surface area (Å²) in [4.78, 5) is 16.8. The standard InChI is InChI=1S/2CH2O3.La/c2*2-1(3)4;/h2*(H2,2,3,4);/q;;+3/p-3. The molecule has 9 heavy (non-hydrogen) atoms. The SMILES string of the molecule is O=C([O-])O.O=C([O-])[O-].[La+3]. The molecule has 0 aromatic carbocycles. The summed E-state index contributed by atoms with van der Waals surface area (Å²) >= 11 is 0. The van der Waals surface area contributed by atoms with E-state index < -0.39 is 12.3 Å². The first-order valence-corrected chi connectivity index (χ1v) is 1.24. The molecular weight excluding hydrogens is 259 g/mol. The largest absolute Gasteiger partial charge is 3.00 e. The van der Waals surface area contributed by atoms with Gasteiger partial charge < -0.3 is 30.0 Å². The van der Waals surface area contributed by atoms with E-state index in [9.17, 15) is 0 Å². The second kappa shape index (κ2) is 10.7. The zero-order valence-electron chi connectivity index (χ0n) is 4.07. The monoisotopic (exact) mass is 260 g/mol. The van der Waals surface area contributed by atoms with Crippen LogP contribution >= 0.6 is 0 Å². The van der Waals surface area contributed by atoms with Crippen LogP contribution in [0.4, 0.5) is 9.59 Å². The molecule has 6 nitrogen and oxygen atoms in total. The summed E-state index contributed by atoms with van der Waals surface area (Å²) in [6.07, 6.45) is -4.42. The van der Waals surface area contributed by atoms with Crippen LogP contribution < -0.4 is 15.3 Å². The van der Waals surface area contributed by atoms with Crippen LogP contribution in [0.1, 0.15) is 0 Å². The van der Waals surface area contributed by atoms with Crippen molar-refractivity contribution in [2.24, 2.45) is 0 Å². The van der Waals surface area contributed by atoms with Gasteiger partial charge in [0.1, 0.15) is 0 Å². The van der Waals surface area contributed by atoms with Crippen molar-refractivity contribution in [3.05, 3.63) is 0 Å². The zero-order valence-corrected chi connectivity index (χ0v) is 7.69. The molecule has 0 unspecified atom stereocenters. The minimum absolute atomic E-state index is 0. The third-order valence-electron chi connectivity index (χ3n) is 0. The fourth-order valence-electron chi connectivity index (χ4n) is 0. The van der Waals surface area contributed by atoms with E-state index >= 15 is 0 Å². The van der Waals surface area contributed by atoms with Crippen molar-refractivity contribution in [2.75, 3.05) is 0 Å². The third kappa shape index (κ3) is 3620. The first-order chi connectivity index (χ1) is 3.46. The number of carbonyl (C=O) groups is 2. The minimum atomic E-state index is -2.33. The van der Waals surface area contributed by atoms with Crippen molar-refractivity contribution < 1.29 is 65.6 Å². The van der Waals surface area contributed by atoms with Crippen LogP contribution in [0.25, 0.3) is 0 Å². The van der Waals surface area contributed by atoms with Crippen LogP contribution in [-0.4, -0.2) is 17.4 Å². The normalized spacial score (nSPS) is 5.33. The van der Waals surface area contributed by atoms with E-state index in [-0.39, 0.29) is 35.6 Å². The molecule has 0 saturated carbocycles. The smallest absolute Gasteiger partial charge is 0.652 e. The molecule has 0 aliphatic heterocycles. The predicted molar refractivity (Wildman–Crippen MR) is 13.4 cm³/mol. The van der Waals surface area contributed by atoms with Gasteiger partial charge in [-0.05, 0) is 6.16 Å². The summed E-state index contributed by atoms with van der Waals surface area (Å²) in [6, 6.07) is 0. The second-order valence-electron chi connectivity index (χ2n) is 0.516. The van der Waals surface area contributed by atoms with Crippen molar-refractivity contribution in [3.8, 4) is 0 Å². The Morgan fingerprint density at radius 1 is 1.11 bits per heavy atom. The Balaban J connectivity index is -0.0000000720. The molecule has 0 atom stereocenters. The van der Waals surface area contributed by atoms with Crippen LogP contribution in [0, 0.1) is 35.6 Å². The van der Waals surface area contributed by atoms with Crippen molar-refractivity contribution in [1.29, 1.82) is 0 Å². The maximum Gasteiger partial charge on any atom is 3.00 e. The molecule has 0 aromatic rings. The van der Waals surface area contributed by atoms with Crippen LogP contribution in [-0.2, 0) is 0 Å². The van der Waals surface area contributed by atoms with Gasteiger partial charge >= 0.3 is 35.6 Å². The summed E-state index contributed by atoms with van der Waals surface area (Å²) in [5.41, 5.74) is 0. The average Bonchev–Trinajstić information content (AvgIpc) is 1.25.